The van der Waals surface area contributed by atoms with Crippen molar-refractivity contribution in [2.75, 3.05) is 0 Å². The van der Waals surface area contributed by atoms with E-state index in [9.17, 15) is 9.59 Å². The van der Waals surface area contributed by atoms with Gasteiger partial charge in [0.1, 0.15) is 5.01 Å². The summed E-state index contributed by atoms with van der Waals surface area (Å²) >= 11 is 0.946. The highest BCUT2D eigenvalue weighted by molar-refractivity contribution is 7.13. The first-order valence-electron chi connectivity index (χ1n) is 3.39. The Morgan fingerprint density at radius 3 is 2.69 bits per heavy atom. The summed E-state index contributed by atoms with van der Waals surface area (Å²) in [4.78, 5) is 20.9. The lowest BCUT2D eigenvalue weighted by Gasteiger charge is -1.94. The highest BCUT2D eigenvalue weighted by Gasteiger charge is 2.10. The van der Waals surface area contributed by atoms with E-state index in [2.05, 4.69) is 15.5 Å². The molecule has 1 amide bonds. The summed E-state index contributed by atoms with van der Waals surface area (Å²) < 4.78 is 0. The topological polar surface area (TPSA) is 92.2 Å². The lowest BCUT2D eigenvalue weighted by atomic mass is 10.6. The van der Waals surface area contributed by atoms with Gasteiger partial charge >= 0.3 is 5.97 Å². The number of hydrogen-bond donors (Lipinski definition) is 2. The molecule has 70 valence electrons. The Labute approximate surface area is 77.6 Å². The number of carbonyl (C=O) groups excluding carboxylic acids is 1. The van der Waals surface area contributed by atoms with Gasteiger partial charge in [0.2, 0.25) is 10.9 Å². The van der Waals surface area contributed by atoms with E-state index in [0.29, 0.717) is 5.01 Å². The minimum Gasteiger partial charge on any atom is -0.476 e. The lowest BCUT2D eigenvalue weighted by Crippen LogP contribution is -2.18. The molecule has 6 nitrogen and oxygen atoms in total. The molecule has 1 heterocycles. The van der Waals surface area contributed by atoms with Crippen molar-refractivity contribution >= 4 is 23.2 Å². The Hall–Kier alpha value is -1.50. The molecule has 0 atom stereocenters. The number of carboxylic acid groups (broad SMARTS) is 1. The Balaban J connectivity index is 2.59. The monoisotopic (exact) mass is 201 g/mol. The average molecular weight is 201 g/mol. The highest BCUT2D eigenvalue weighted by atomic mass is 32.1. The van der Waals surface area contributed by atoms with E-state index in [4.69, 9.17) is 5.11 Å². The van der Waals surface area contributed by atoms with Crippen LogP contribution in [0, 0.1) is 0 Å². The van der Waals surface area contributed by atoms with Crippen molar-refractivity contribution in [3.63, 3.8) is 0 Å². The number of carbonyl (C=O) groups is 2. The maximum Gasteiger partial charge on any atom is 0.367 e. The van der Waals surface area contributed by atoms with E-state index in [0.717, 1.165) is 11.3 Å². The van der Waals surface area contributed by atoms with Gasteiger partial charge in [-0.1, -0.05) is 11.3 Å². The van der Waals surface area contributed by atoms with Crippen LogP contribution in [0.2, 0.25) is 0 Å². The molecule has 0 aliphatic heterocycles. The van der Waals surface area contributed by atoms with Crippen LogP contribution in [-0.4, -0.2) is 27.2 Å². The Morgan fingerprint density at radius 1 is 1.54 bits per heavy atom. The van der Waals surface area contributed by atoms with Gasteiger partial charge in [-0.15, -0.1) is 10.2 Å². The van der Waals surface area contributed by atoms with Crippen molar-refractivity contribution in [1.82, 2.24) is 15.5 Å². The van der Waals surface area contributed by atoms with Crippen molar-refractivity contribution < 1.29 is 14.7 Å². The van der Waals surface area contributed by atoms with Crippen LogP contribution in [0.3, 0.4) is 0 Å². The van der Waals surface area contributed by atoms with E-state index >= 15 is 0 Å². The van der Waals surface area contributed by atoms with Gasteiger partial charge in [-0.2, -0.15) is 0 Å². The second kappa shape index (κ2) is 3.94. The Morgan fingerprint density at radius 2 is 2.23 bits per heavy atom. The van der Waals surface area contributed by atoms with Crippen molar-refractivity contribution in [1.29, 1.82) is 0 Å². The second-order valence-electron chi connectivity index (χ2n) is 2.22. The predicted octanol–water partition coefficient (Wildman–Crippen LogP) is -0.128. The first kappa shape index (κ1) is 9.59. The molecular weight excluding hydrogens is 194 g/mol. The number of aromatic nitrogens is 2. The summed E-state index contributed by atoms with van der Waals surface area (Å²) in [6.07, 6.45) is 0. The van der Waals surface area contributed by atoms with Gasteiger partial charge in [0.15, 0.2) is 0 Å². The number of hydrogen-bond acceptors (Lipinski definition) is 5. The van der Waals surface area contributed by atoms with Crippen LogP contribution in [0.25, 0.3) is 0 Å². The molecule has 7 heteroatoms. The molecule has 0 spiro atoms. The van der Waals surface area contributed by atoms with E-state index in [1.165, 1.54) is 6.92 Å². The van der Waals surface area contributed by atoms with Gasteiger partial charge in [0.05, 0.1) is 6.54 Å². The normalized spacial score (nSPS) is 9.62. The van der Waals surface area contributed by atoms with Crippen molar-refractivity contribution in [2.24, 2.45) is 0 Å². The van der Waals surface area contributed by atoms with Crippen LogP contribution in [0.15, 0.2) is 0 Å². The third kappa shape index (κ3) is 2.79. The molecule has 13 heavy (non-hydrogen) atoms. The summed E-state index contributed by atoms with van der Waals surface area (Å²) in [6.45, 7) is 1.60. The third-order valence-corrected chi connectivity index (χ3v) is 2.05. The minimum atomic E-state index is -1.11. The molecule has 0 radical (unpaired) electrons. The molecule has 0 unspecified atom stereocenters. The van der Waals surface area contributed by atoms with Crippen LogP contribution in [-0.2, 0) is 11.3 Å². The number of amides is 1. The fraction of sp³-hybridized carbons (Fsp3) is 0.333. The van der Waals surface area contributed by atoms with Gasteiger partial charge in [0, 0.05) is 6.92 Å². The molecule has 1 aromatic rings. The molecule has 0 bridgehead atoms. The molecular formula is C6H7N3O3S. The number of nitrogens with one attached hydrogen (secondary N) is 1. The number of nitrogens with zero attached hydrogens (tertiary/aromatic N) is 2. The zero-order valence-corrected chi connectivity index (χ0v) is 7.59. The second-order valence-corrected chi connectivity index (χ2v) is 3.28. The number of carboxylic acids is 1. The molecule has 0 aromatic carbocycles. The van der Waals surface area contributed by atoms with Gasteiger partial charge in [-0.25, -0.2) is 4.79 Å². The van der Waals surface area contributed by atoms with Gasteiger partial charge in [-0.3, -0.25) is 4.79 Å². The molecule has 0 fully saturated rings. The van der Waals surface area contributed by atoms with Crippen molar-refractivity contribution in [3.8, 4) is 0 Å². The third-order valence-electron chi connectivity index (χ3n) is 1.14. The number of rotatable bonds is 3. The summed E-state index contributed by atoms with van der Waals surface area (Å²) in [5.41, 5.74) is 0. The zero-order chi connectivity index (χ0) is 9.84. The van der Waals surface area contributed by atoms with Gasteiger partial charge < -0.3 is 10.4 Å². The van der Waals surface area contributed by atoms with Crippen LogP contribution in [0.5, 0.6) is 0 Å². The lowest BCUT2D eigenvalue weighted by molar-refractivity contribution is -0.119. The predicted molar refractivity (Wildman–Crippen MR) is 44.4 cm³/mol. The van der Waals surface area contributed by atoms with E-state index < -0.39 is 5.97 Å². The molecule has 1 aromatic heterocycles. The number of aromatic carboxylic acids is 1. The minimum absolute atomic E-state index is 0.0691. The summed E-state index contributed by atoms with van der Waals surface area (Å²) in [5.74, 6) is -1.29. The quantitative estimate of drug-likeness (QED) is 0.710. The molecule has 0 saturated heterocycles. The first-order chi connectivity index (χ1) is 6.09. The molecule has 1 rings (SSSR count). The summed E-state index contributed by atoms with van der Waals surface area (Å²) in [7, 11) is 0. The standard InChI is InChI=1S/C6H7N3O3S/c1-3(10)7-2-4-8-9-5(13-4)6(11)12/h2H2,1H3,(H,7,10)(H,11,12). The highest BCUT2D eigenvalue weighted by Crippen LogP contribution is 2.08. The van der Waals surface area contributed by atoms with Crippen LogP contribution < -0.4 is 5.32 Å². The average Bonchev–Trinajstić information content (AvgIpc) is 2.48. The Bertz CT molecular complexity index is 336. The molecule has 0 saturated carbocycles. The van der Waals surface area contributed by atoms with Crippen LogP contribution in [0.4, 0.5) is 0 Å². The van der Waals surface area contributed by atoms with E-state index in [1.807, 2.05) is 0 Å². The SMILES string of the molecule is CC(=O)NCc1nnc(C(=O)O)s1. The van der Waals surface area contributed by atoms with Gasteiger partial charge in [-0.05, 0) is 0 Å². The fourth-order valence-electron chi connectivity index (χ4n) is 0.612. The fourth-order valence-corrected chi connectivity index (χ4v) is 1.23. The van der Waals surface area contributed by atoms with E-state index in [-0.39, 0.29) is 17.5 Å². The van der Waals surface area contributed by atoms with Crippen molar-refractivity contribution in [2.45, 2.75) is 13.5 Å². The Kier molecular flexibility index (Phi) is 2.91. The van der Waals surface area contributed by atoms with Gasteiger partial charge in [0.25, 0.3) is 0 Å². The van der Waals surface area contributed by atoms with Crippen molar-refractivity contribution in [3.05, 3.63) is 10.0 Å². The largest absolute Gasteiger partial charge is 0.476 e. The molecule has 0 aliphatic carbocycles. The van der Waals surface area contributed by atoms with Crippen LogP contribution in [0.1, 0.15) is 21.7 Å². The summed E-state index contributed by atoms with van der Waals surface area (Å²) in [6, 6.07) is 0. The smallest absolute Gasteiger partial charge is 0.367 e. The first-order valence-corrected chi connectivity index (χ1v) is 4.21. The molecule has 0 aliphatic rings. The maximum absolute atomic E-state index is 10.5. The van der Waals surface area contributed by atoms with E-state index in [1.54, 1.807) is 0 Å². The zero-order valence-electron chi connectivity index (χ0n) is 6.77. The molecule has 2 N–H and O–H groups in total. The summed E-state index contributed by atoms with van der Waals surface area (Å²) in [5, 5.41) is 18.4. The van der Waals surface area contributed by atoms with Crippen LogP contribution >= 0.6 is 11.3 Å². The maximum atomic E-state index is 10.5.